The molecule has 2 rings (SSSR count). The molecule has 1 heterocycles. The van der Waals surface area contributed by atoms with Crippen LogP contribution in [0.4, 0.5) is 11.4 Å². The first-order chi connectivity index (χ1) is 9.63. The SMILES string of the molecule is CNc1c(C(=O)NCC2CCOC2)cccc1[N+](=O)[O-]. The second kappa shape index (κ2) is 6.33. The van der Waals surface area contributed by atoms with Crippen molar-refractivity contribution in [2.24, 2.45) is 5.92 Å². The smallest absolute Gasteiger partial charge is 0.293 e. The van der Waals surface area contributed by atoms with E-state index in [4.69, 9.17) is 4.74 Å². The topological polar surface area (TPSA) is 93.5 Å². The average Bonchev–Trinajstić information content (AvgIpc) is 2.97. The summed E-state index contributed by atoms with van der Waals surface area (Å²) in [6.07, 6.45) is 0.925. The van der Waals surface area contributed by atoms with Crippen LogP contribution in [0.2, 0.25) is 0 Å². The van der Waals surface area contributed by atoms with E-state index in [2.05, 4.69) is 10.6 Å². The molecule has 1 fully saturated rings. The predicted octanol–water partition coefficient (Wildman–Crippen LogP) is 1.40. The molecule has 7 nitrogen and oxygen atoms in total. The Kier molecular flexibility index (Phi) is 4.52. The van der Waals surface area contributed by atoms with Gasteiger partial charge in [0.1, 0.15) is 5.69 Å². The van der Waals surface area contributed by atoms with Crippen LogP contribution >= 0.6 is 0 Å². The Hall–Kier alpha value is -2.15. The van der Waals surface area contributed by atoms with Gasteiger partial charge in [-0.05, 0) is 12.5 Å². The third-order valence-electron chi connectivity index (χ3n) is 3.31. The molecule has 1 unspecified atom stereocenters. The number of nitrogens with zero attached hydrogens (tertiary/aromatic N) is 1. The molecule has 0 saturated carbocycles. The maximum absolute atomic E-state index is 12.1. The summed E-state index contributed by atoms with van der Waals surface area (Å²) in [4.78, 5) is 22.6. The summed E-state index contributed by atoms with van der Waals surface area (Å²) in [5.41, 5.74) is 0.405. The van der Waals surface area contributed by atoms with Crippen LogP contribution < -0.4 is 10.6 Å². The quantitative estimate of drug-likeness (QED) is 0.627. The first-order valence-corrected chi connectivity index (χ1v) is 6.44. The van der Waals surface area contributed by atoms with Gasteiger partial charge in [0, 0.05) is 32.2 Å². The van der Waals surface area contributed by atoms with Crippen molar-refractivity contribution in [1.82, 2.24) is 5.32 Å². The van der Waals surface area contributed by atoms with E-state index in [1.807, 2.05) is 0 Å². The molecule has 1 atom stereocenters. The van der Waals surface area contributed by atoms with Gasteiger partial charge in [-0.1, -0.05) is 6.07 Å². The van der Waals surface area contributed by atoms with Crippen molar-refractivity contribution in [3.63, 3.8) is 0 Å². The molecule has 1 amide bonds. The van der Waals surface area contributed by atoms with Gasteiger partial charge < -0.3 is 15.4 Å². The van der Waals surface area contributed by atoms with Gasteiger partial charge in [-0.2, -0.15) is 0 Å². The van der Waals surface area contributed by atoms with E-state index in [0.29, 0.717) is 19.1 Å². The fourth-order valence-corrected chi connectivity index (χ4v) is 2.22. The molecule has 1 aliphatic heterocycles. The second-order valence-electron chi connectivity index (χ2n) is 4.65. The Labute approximate surface area is 116 Å². The molecule has 1 aliphatic rings. The number of hydrogen-bond donors (Lipinski definition) is 2. The van der Waals surface area contributed by atoms with Gasteiger partial charge in [-0.15, -0.1) is 0 Å². The molecule has 1 saturated heterocycles. The Balaban J connectivity index is 2.12. The Morgan fingerprint density at radius 3 is 2.95 bits per heavy atom. The molecule has 7 heteroatoms. The molecule has 0 aliphatic carbocycles. The predicted molar refractivity (Wildman–Crippen MR) is 73.9 cm³/mol. The molecule has 0 radical (unpaired) electrons. The van der Waals surface area contributed by atoms with Gasteiger partial charge in [0.25, 0.3) is 11.6 Å². The minimum atomic E-state index is -0.507. The molecule has 1 aromatic carbocycles. The number of carbonyl (C=O) groups is 1. The highest BCUT2D eigenvalue weighted by atomic mass is 16.6. The van der Waals surface area contributed by atoms with E-state index in [1.165, 1.54) is 12.1 Å². The van der Waals surface area contributed by atoms with Gasteiger partial charge in [-0.3, -0.25) is 14.9 Å². The van der Waals surface area contributed by atoms with Gasteiger partial charge in [0.2, 0.25) is 0 Å². The van der Waals surface area contributed by atoms with Crippen LogP contribution in [0.5, 0.6) is 0 Å². The van der Waals surface area contributed by atoms with Crippen molar-refractivity contribution in [3.05, 3.63) is 33.9 Å². The number of benzene rings is 1. The van der Waals surface area contributed by atoms with Crippen LogP contribution in [-0.4, -0.2) is 37.6 Å². The zero-order valence-electron chi connectivity index (χ0n) is 11.2. The van der Waals surface area contributed by atoms with Crippen molar-refractivity contribution in [1.29, 1.82) is 0 Å². The maximum Gasteiger partial charge on any atom is 0.293 e. The summed E-state index contributed by atoms with van der Waals surface area (Å²) in [6, 6.07) is 4.44. The molecule has 1 aromatic rings. The van der Waals surface area contributed by atoms with Crippen molar-refractivity contribution >= 4 is 17.3 Å². The molecule has 0 bridgehead atoms. The first-order valence-electron chi connectivity index (χ1n) is 6.44. The number of amides is 1. The summed E-state index contributed by atoms with van der Waals surface area (Å²) < 4.78 is 5.24. The summed E-state index contributed by atoms with van der Waals surface area (Å²) >= 11 is 0. The third-order valence-corrected chi connectivity index (χ3v) is 3.31. The Morgan fingerprint density at radius 1 is 1.55 bits per heavy atom. The molecule has 20 heavy (non-hydrogen) atoms. The minimum Gasteiger partial charge on any atom is -0.382 e. The highest BCUT2D eigenvalue weighted by Crippen LogP contribution is 2.27. The number of rotatable bonds is 5. The molecule has 0 spiro atoms. The lowest BCUT2D eigenvalue weighted by Gasteiger charge is -2.12. The largest absolute Gasteiger partial charge is 0.382 e. The Bertz CT molecular complexity index is 512. The summed E-state index contributed by atoms with van der Waals surface area (Å²) in [7, 11) is 1.56. The number of nitro groups is 1. The number of nitro benzene ring substituents is 1. The molecule has 108 valence electrons. The van der Waals surface area contributed by atoms with Crippen LogP contribution in [0.15, 0.2) is 18.2 Å². The zero-order chi connectivity index (χ0) is 14.5. The van der Waals surface area contributed by atoms with E-state index in [9.17, 15) is 14.9 Å². The number of para-hydroxylation sites is 1. The molecule has 2 N–H and O–H groups in total. The van der Waals surface area contributed by atoms with Crippen molar-refractivity contribution in [3.8, 4) is 0 Å². The lowest BCUT2D eigenvalue weighted by atomic mass is 10.1. The van der Waals surface area contributed by atoms with Crippen molar-refractivity contribution in [2.45, 2.75) is 6.42 Å². The highest BCUT2D eigenvalue weighted by Gasteiger charge is 2.22. The standard InChI is InChI=1S/C13H17N3O4/c1-14-12-10(3-2-4-11(12)16(18)19)13(17)15-7-9-5-6-20-8-9/h2-4,9,14H,5-8H2,1H3,(H,15,17). The minimum absolute atomic E-state index is 0.107. The summed E-state index contributed by atoms with van der Waals surface area (Å²) in [6.45, 7) is 1.89. The highest BCUT2D eigenvalue weighted by molar-refractivity contribution is 6.01. The average molecular weight is 279 g/mol. The van der Waals surface area contributed by atoms with Crippen molar-refractivity contribution < 1.29 is 14.5 Å². The second-order valence-corrected chi connectivity index (χ2v) is 4.65. The van der Waals surface area contributed by atoms with E-state index in [1.54, 1.807) is 13.1 Å². The fraction of sp³-hybridized carbons (Fsp3) is 0.462. The van der Waals surface area contributed by atoms with Crippen molar-refractivity contribution in [2.75, 3.05) is 32.1 Å². The van der Waals surface area contributed by atoms with Crippen LogP contribution in [0.3, 0.4) is 0 Å². The number of ether oxygens (including phenoxy) is 1. The van der Waals surface area contributed by atoms with Gasteiger partial charge in [-0.25, -0.2) is 0 Å². The molecule has 0 aromatic heterocycles. The third kappa shape index (κ3) is 3.05. The first kappa shape index (κ1) is 14.3. The number of nitrogens with one attached hydrogen (secondary N) is 2. The summed E-state index contributed by atoms with van der Waals surface area (Å²) in [5.74, 6) is 0.000587. The van der Waals surface area contributed by atoms with Gasteiger partial charge in [0.05, 0.1) is 17.1 Å². The number of carbonyl (C=O) groups excluding carboxylic acids is 1. The van der Waals surface area contributed by atoms with E-state index < -0.39 is 4.92 Å². The fourth-order valence-electron chi connectivity index (χ4n) is 2.22. The van der Waals surface area contributed by atoms with Gasteiger partial charge >= 0.3 is 0 Å². The zero-order valence-corrected chi connectivity index (χ0v) is 11.2. The van der Waals surface area contributed by atoms with Crippen LogP contribution in [0.1, 0.15) is 16.8 Å². The van der Waals surface area contributed by atoms with Crippen LogP contribution in [0, 0.1) is 16.0 Å². The lowest BCUT2D eigenvalue weighted by molar-refractivity contribution is -0.384. The Morgan fingerprint density at radius 2 is 2.35 bits per heavy atom. The molecular formula is C13H17N3O4. The van der Waals surface area contributed by atoms with E-state index in [0.717, 1.165) is 13.0 Å². The summed E-state index contributed by atoms with van der Waals surface area (Å²) in [5, 5.41) is 16.5. The maximum atomic E-state index is 12.1. The van der Waals surface area contributed by atoms with E-state index >= 15 is 0 Å². The lowest BCUT2D eigenvalue weighted by Crippen LogP contribution is -2.30. The normalized spacial score (nSPS) is 17.8. The van der Waals surface area contributed by atoms with E-state index in [-0.39, 0.29) is 22.8 Å². The molecular weight excluding hydrogens is 262 g/mol. The number of anilines is 1. The van der Waals surface area contributed by atoms with Crippen LogP contribution in [0.25, 0.3) is 0 Å². The van der Waals surface area contributed by atoms with Gasteiger partial charge in [0.15, 0.2) is 0 Å². The monoisotopic (exact) mass is 279 g/mol. The number of hydrogen-bond acceptors (Lipinski definition) is 5. The van der Waals surface area contributed by atoms with Crippen LogP contribution in [-0.2, 0) is 4.74 Å².